The Hall–Kier alpha value is -1.34. The van der Waals surface area contributed by atoms with E-state index in [0.717, 1.165) is 24.8 Å². The predicted molar refractivity (Wildman–Crippen MR) is 78.9 cm³/mol. The summed E-state index contributed by atoms with van der Waals surface area (Å²) in [5, 5.41) is 9.61. The van der Waals surface area contributed by atoms with Crippen LogP contribution in [0.5, 0.6) is 0 Å². The van der Waals surface area contributed by atoms with Crippen LogP contribution in [0.25, 0.3) is 0 Å². The largest absolute Gasteiger partial charge is 0.388 e. The van der Waals surface area contributed by atoms with Crippen LogP contribution in [0.15, 0.2) is 47.7 Å². The number of aliphatic hydroxyl groups is 1. The van der Waals surface area contributed by atoms with Gasteiger partial charge in [0.25, 0.3) is 0 Å². The van der Waals surface area contributed by atoms with Crippen molar-refractivity contribution in [2.24, 2.45) is 0 Å². The van der Waals surface area contributed by atoms with Crippen molar-refractivity contribution in [1.82, 2.24) is 0 Å². The summed E-state index contributed by atoms with van der Waals surface area (Å²) in [5.41, 5.74) is 5.29. The highest BCUT2D eigenvalue weighted by Gasteiger charge is 2.02. The summed E-state index contributed by atoms with van der Waals surface area (Å²) in [6.07, 6.45) is 4.56. The van der Waals surface area contributed by atoms with E-state index in [1.54, 1.807) is 6.92 Å². The minimum Gasteiger partial charge on any atom is -0.388 e. The van der Waals surface area contributed by atoms with E-state index < -0.39 is 6.10 Å². The number of benzene rings is 1. The van der Waals surface area contributed by atoms with E-state index in [9.17, 15) is 5.11 Å². The summed E-state index contributed by atoms with van der Waals surface area (Å²) < 4.78 is 5.54. The maximum atomic E-state index is 9.61. The van der Waals surface area contributed by atoms with E-state index in [1.165, 1.54) is 5.56 Å². The first-order valence-electron chi connectivity index (χ1n) is 6.97. The minimum absolute atomic E-state index is 0.420. The van der Waals surface area contributed by atoms with Crippen molar-refractivity contribution in [3.63, 3.8) is 0 Å². The highest BCUT2D eigenvalue weighted by molar-refractivity contribution is 5.13. The first-order valence-corrected chi connectivity index (χ1v) is 6.97. The fourth-order valence-electron chi connectivity index (χ4n) is 1.75. The lowest BCUT2D eigenvalue weighted by atomic mass is 10.1. The molecule has 0 aliphatic rings. The standard InChI is InChI=1S/C17H24O2/c1-3-4-11-17(15(2)18)12-8-13-19-14-16-9-6-5-7-10-16/h5-10,15,18H,3-4,11,13-14H2,1-2H3/t12?,15-/m1/s1. The average molecular weight is 260 g/mol. The molecule has 1 aromatic carbocycles. The second-order valence-corrected chi connectivity index (χ2v) is 4.65. The normalized spacial score (nSPS) is 11.7. The first kappa shape index (κ1) is 15.7. The Morgan fingerprint density at radius 3 is 2.74 bits per heavy atom. The van der Waals surface area contributed by atoms with E-state index in [4.69, 9.17) is 4.74 Å². The van der Waals surface area contributed by atoms with E-state index >= 15 is 0 Å². The Morgan fingerprint density at radius 1 is 1.37 bits per heavy atom. The third-order valence-electron chi connectivity index (χ3n) is 2.90. The molecule has 1 N–H and O–H groups in total. The van der Waals surface area contributed by atoms with E-state index in [2.05, 4.69) is 12.7 Å². The van der Waals surface area contributed by atoms with Gasteiger partial charge in [0, 0.05) is 0 Å². The molecule has 2 heteroatoms. The summed E-state index contributed by atoms with van der Waals surface area (Å²) in [6, 6.07) is 10.1. The van der Waals surface area contributed by atoms with Crippen molar-refractivity contribution < 1.29 is 9.84 Å². The molecule has 0 bridgehead atoms. The SMILES string of the molecule is CCCCC(=C=CCOCc1ccccc1)[C@@H](C)O. The molecule has 1 aromatic rings. The molecular weight excluding hydrogens is 236 g/mol. The molecule has 2 nitrogen and oxygen atoms in total. The molecule has 0 saturated carbocycles. The summed E-state index contributed by atoms with van der Waals surface area (Å²) in [7, 11) is 0. The Morgan fingerprint density at radius 2 is 2.11 bits per heavy atom. The lowest BCUT2D eigenvalue weighted by molar-refractivity contribution is 0.148. The van der Waals surface area contributed by atoms with Gasteiger partial charge in [0.15, 0.2) is 0 Å². The number of unbranched alkanes of at least 4 members (excludes halogenated alkanes) is 1. The zero-order valence-electron chi connectivity index (χ0n) is 11.9. The van der Waals surface area contributed by atoms with E-state index in [-0.39, 0.29) is 0 Å². The van der Waals surface area contributed by atoms with Crippen molar-refractivity contribution in [3.8, 4) is 0 Å². The molecule has 0 radical (unpaired) electrons. The van der Waals surface area contributed by atoms with Crippen LogP contribution in [0.2, 0.25) is 0 Å². The molecule has 0 aromatic heterocycles. The molecule has 0 unspecified atom stereocenters. The van der Waals surface area contributed by atoms with Crippen LogP contribution in [0.3, 0.4) is 0 Å². The van der Waals surface area contributed by atoms with Crippen molar-refractivity contribution in [2.75, 3.05) is 6.61 Å². The fourth-order valence-corrected chi connectivity index (χ4v) is 1.75. The molecule has 0 saturated heterocycles. The predicted octanol–water partition coefficient (Wildman–Crippen LogP) is 3.86. The summed E-state index contributed by atoms with van der Waals surface area (Å²) in [6.45, 7) is 5.07. The summed E-state index contributed by atoms with van der Waals surface area (Å²) >= 11 is 0. The van der Waals surface area contributed by atoms with Gasteiger partial charge >= 0.3 is 0 Å². The van der Waals surface area contributed by atoms with Crippen molar-refractivity contribution >= 4 is 0 Å². The van der Waals surface area contributed by atoms with Gasteiger partial charge in [-0.05, 0) is 37.0 Å². The van der Waals surface area contributed by atoms with Gasteiger partial charge in [-0.3, -0.25) is 0 Å². The molecule has 0 heterocycles. The highest BCUT2D eigenvalue weighted by Crippen LogP contribution is 2.10. The molecule has 19 heavy (non-hydrogen) atoms. The van der Waals surface area contributed by atoms with Crippen molar-refractivity contribution in [2.45, 2.75) is 45.8 Å². The Balaban J connectivity index is 2.38. The quantitative estimate of drug-likeness (QED) is 0.568. The van der Waals surface area contributed by atoms with Gasteiger partial charge in [-0.1, -0.05) is 43.7 Å². The third kappa shape index (κ3) is 6.97. The molecule has 1 atom stereocenters. The molecule has 0 fully saturated rings. The Bertz CT molecular complexity index is 401. The van der Waals surface area contributed by atoms with Crippen LogP contribution in [-0.4, -0.2) is 17.8 Å². The van der Waals surface area contributed by atoms with Gasteiger partial charge in [0.2, 0.25) is 0 Å². The van der Waals surface area contributed by atoms with Crippen molar-refractivity contribution in [1.29, 1.82) is 0 Å². The molecule has 0 aliphatic heterocycles. The van der Waals surface area contributed by atoms with E-state index in [0.29, 0.717) is 13.2 Å². The van der Waals surface area contributed by atoms with Crippen LogP contribution in [-0.2, 0) is 11.3 Å². The number of aliphatic hydroxyl groups excluding tert-OH is 1. The van der Waals surface area contributed by atoms with Gasteiger partial charge in [0.1, 0.15) is 0 Å². The molecule has 1 rings (SSSR count). The molecule has 0 aliphatic carbocycles. The minimum atomic E-state index is -0.420. The first-order chi connectivity index (χ1) is 9.24. The van der Waals surface area contributed by atoms with Crippen molar-refractivity contribution in [3.05, 3.63) is 53.3 Å². The monoisotopic (exact) mass is 260 g/mol. The zero-order chi connectivity index (χ0) is 13.9. The van der Waals surface area contributed by atoms with Crippen LogP contribution < -0.4 is 0 Å². The molecule has 0 amide bonds. The topological polar surface area (TPSA) is 29.5 Å². The van der Waals surface area contributed by atoms with Crippen LogP contribution in [0, 0.1) is 0 Å². The molecule has 104 valence electrons. The maximum absolute atomic E-state index is 9.61. The molecular formula is C17H24O2. The van der Waals surface area contributed by atoms with Gasteiger partial charge < -0.3 is 9.84 Å². The van der Waals surface area contributed by atoms with Crippen LogP contribution >= 0.6 is 0 Å². The van der Waals surface area contributed by atoms with Crippen LogP contribution in [0.4, 0.5) is 0 Å². The Labute approximate surface area is 116 Å². The smallest absolute Gasteiger partial charge is 0.0795 e. The number of rotatable bonds is 8. The van der Waals surface area contributed by atoms with Gasteiger partial charge in [0.05, 0.1) is 19.3 Å². The number of hydrogen-bond acceptors (Lipinski definition) is 2. The Kier molecular flexibility index (Phi) is 7.92. The maximum Gasteiger partial charge on any atom is 0.0795 e. The summed E-state index contributed by atoms with van der Waals surface area (Å²) in [5.74, 6) is 0. The second kappa shape index (κ2) is 9.57. The highest BCUT2D eigenvalue weighted by atomic mass is 16.5. The zero-order valence-corrected chi connectivity index (χ0v) is 11.9. The lowest BCUT2D eigenvalue weighted by Crippen LogP contribution is -2.03. The van der Waals surface area contributed by atoms with Gasteiger partial charge in [-0.25, -0.2) is 0 Å². The summed E-state index contributed by atoms with van der Waals surface area (Å²) in [4.78, 5) is 0. The second-order valence-electron chi connectivity index (χ2n) is 4.65. The van der Waals surface area contributed by atoms with Gasteiger partial charge in [-0.15, -0.1) is 5.73 Å². The number of hydrogen-bond donors (Lipinski definition) is 1. The average Bonchev–Trinajstić information content (AvgIpc) is 2.42. The van der Waals surface area contributed by atoms with Crippen LogP contribution in [0.1, 0.15) is 38.7 Å². The third-order valence-corrected chi connectivity index (χ3v) is 2.90. The van der Waals surface area contributed by atoms with Gasteiger partial charge in [-0.2, -0.15) is 0 Å². The lowest BCUT2D eigenvalue weighted by Gasteiger charge is -2.06. The molecule has 0 spiro atoms. The van der Waals surface area contributed by atoms with E-state index in [1.807, 2.05) is 36.4 Å². The fraction of sp³-hybridized carbons (Fsp3) is 0.471. The number of ether oxygens (including phenoxy) is 1.